The molecule has 0 aromatic carbocycles. The summed E-state index contributed by atoms with van der Waals surface area (Å²) in [6.07, 6.45) is 8.18. The van der Waals surface area contributed by atoms with E-state index in [4.69, 9.17) is 9.84 Å². The van der Waals surface area contributed by atoms with Gasteiger partial charge in [-0.2, -0.15) is 0 Å². The van der Waals surface area contributed by atoms with Crippen molar-refractivity contribution in [2.75, 3.05) is 6.61 Å². The van der Waals surface area contributed by atoms with E-state index in [-0.39, 0.29) is 35.1 Å². The highest BCUT2D eigenvalue weighted by molar-refractivity contribution is 5.82. The topological polar surface area (TPSA) is 83.8 Å². The molecule has 5 nitrogen and oxygen atoms in total. The fourth-order valence-corrected chi connectivity index (χ4v) is 6.61. The Hall–Kier alpha value is -1.36. The largest absolute Gasteiger partial charge is 0.481 e. The van der Waals surface area contributed by atoms with E-state index >= 15 is 0 Å². The monoisotopic (exact) mass is 422 g/mol. The molecule has 0 aromatic heterocycles. The average Bonchev–Trinajstić information content (AvgIpc) is 2.57. The molecule has 0 amide bonds. The lowest BCUT2D eigenvalue weighted by molar-refractivity contribution is -0.186. The predicted molar refractivity (Wildman–Crippen MR) is 118 cm³/mol. The van der Waals surface area contributed by atoms with Crippen LogP contribution in [-0.2, 0) is 14.3 Å². The lowest BCUT2D eigenvalue weighted by Crippen LogP contribution is -2.59. The molecular formula is C25H42O5. The van der Waals surface area contributed by atoms with Crippen LogP contribution in [0.3, 0.4) is 0 Å². The van der Waals surface area contributed by atoms with Crippen LogP contribution in [0.5, 0.6) is 0 Å². The smallest absolute Gasteiger partial charge is 0.330 e. The SMILES string of the molecule is CC(C)=CC(=O)OC[C@@]1(C)CCC[C@]2(C)[C@@H]1CC[C@](C)(O)[C@H]2CC[C@@H](C)CC(=O)O. The summed E-state index contributed by atoms with van der Waals surface area (Å²) in [5.41, 5.74) is 0.0497. The Bertz CT molecular complexity index is 662. The van der Waals surface area contributed by atoms with Gasteiger partial charge in [-0.1, -0.05) is 32.8 Å². The van der Waals surface area contributed by atoms with E-state index in [1.165, 1.54) is 0 Å². The van der Waals surface area contributed by atoms with Crippen LogP contribution in [0.4, 0.5) is 0 Å². The van der Waals surface area contributed by atoms with Gasteiger partial charge in [0.1, 0.15) is 0 Å². The first-order valence-corrected chi connectivity index (χ1v) is 11.6. The van der Waals surface area contributed by atoms with Gasteiger partial charge in [-0.3, -0.25) is 4.79 Å². The number of carbonyl (C=O) groups is 2. The van der Waals surface area contributed by atoms with Crippen LogP contribution in [-0.4, -0.2) is 34.4 Å². The van der Waals surface area contributed by atoms with Crippen LogP contribution < -0.4 is 0 Å². The third kappa shape index (κ3) is 5.66. The minimum absolute atomic E-state index is 0.0411. The maximum absolute atomic E-state index is 12.1. The van der Waals surface area contributed by atoms with Gasteiger partial charge >= 0.3 is 11.9 Å². The van der Waals surface area contributed by atoms with Gasteiger partial charge in [0.15, 0.2) is 0 Å². The Morgan fingerprint density at radius 3 is 2.43 bits per heavy atom. The standard InChI is InChI=1S/C25H42O5/c1-17(2)14-22(28)30-16-23(4)11-7-12-24(5)19(23)10-13-25(6,29)20(24)9-8-18(3)15-21(26)27/h14,18-20,29H,7-13,15-16H2,1-6H3,(H,26,27)/t18-,19-,20+,23-,24-,25+/m1/s1. The van der Waals surface area contributed by atoms with Crippen molar-refractivity contribution in [2.45, 2.75) is 98.5 Å². The van der Waals surface area contributed by atoms with Gasteiger partial charge in [0.05, 0.1) is 12.2 Å². The maximum Gasteiger partial charge on any atom is 0.330 e. The first-order chi connectivity index (χ1) is 13.8. The molecule has 0 spiro atoms. The Morgan fingerprint density at radius 2 is 1.83 bits per heavy atom. The highest BCUT2D eigenvalue weighted by Crippen LogP contribution is 2.63. The minimum atomic E-state index is -0.759. The third-order valence-electron chi connectivity index (χ3n) is 8.01. The Labute approximate surface area is 182 Å². The number of fused-ring (bicyclic) bond motifs is 1. The maximum atomic E-state index is 12.1. The average molecular weight is 423 g/mol. The lowest BCUT2D eigenvalue weighted by atomic mass is 9.45. The van der Waals surface area contributed by atoms with Crippen molar-refractivity contribution in [3.63, 3.8) is 0 Å². The van der Waals surface area contributed by atoms with E-state index in [0.29, 0.717) is 12.5 Å². The number of allylic oxidation sites excluding steroid dienone is 1. The molecule has 2 N–H and O–H groups in total. The zero-order valence-corrected chi connectivity index (χ0v) is 19.8. The number of carbonyl (C=O) groups excluding carboxylic acids is 1. The van der Waals surface area contributed by atoms with Crippen LogP contribution >= 0.6 is 0 Å². The van der Waals surface area contributed by atoms with Crippen molar-refractivity contribution in [3.8, 4) is 0 Å². The third-order valence-corrected chi connectivity index (χ3v) is 8.01. The van der Waals surface area contributed by atoms with Gasteiger partial charge in [0, 0.05) is 17.9 Å². The van der Waals surface area contributed by atoms with Crippen molar-refractivity contribution in [2.24, 2.45) is 28.6 Å². The molecule has 6 atom stereocenters. The van der Waals surface area contributed by atoms with Crippen molar-refractivity contribution in [3.05, 3.63) is 11.6 Å². The number of ether oxygens (including phenoxy) is 1. The van der Waals surface area contributed by atoms with E-state index in [1.54, 1.807) is 6.08 Å². The van der Waals surface area contributed by atoms with Crippen LogP contribution in [0.15, 0.2) is 11.6 Å². The van der Waals surface area contributed by atoms with Crippen LogP contribution in [0.1, 0.15) is 92.9 Å². The van der Waals surface area contributed by atoms with Gasteiger partial charge in [0.25, 0.3) is 0 Å². The molecule has 0 radical (unpaired) electrons. The second-order valence-corrected chi connectivity index (χ2v) is 11.1. The number of esters is 1. The van der Waals surface area contributed by atoms with Gasteiger partial charge < -0.3 is 14.9 Å². The van der Waals surface area contributed by atoms with Gasteiger partial charge in [-0.25, -0.2) is 4.79 Å². The van der Waals surface area contributed by atoms with Gasteiger partial charge in [-0.05, 0) is 82.5 Å². The van der Waals surface area contributed by atoms with E-state index in [0.717, 1.165) is 50.5 Å². The minimum Gasteiger partial charge on any atom is -0.481 e. The number of aliphatic carboxylic acids is 1. The number of rotatable bonds is 8. The first-order valence-electron chi connectivity index (χ1n) is 11.6. The molecule has 172 valence electrons. The summed E-state index contributed by atoms with van der Waals surface area (Å²) in [4.78, 5) is 23.2. The summed E-state index contributed by atoms with van der Waals surface area (Å²) >= 11 is 0. The van der Waals surface area contributed by atoms with E-state index in [1.807, 2.05) is 27.7 Å². The molecule has 0 aliphatic heterocycles. The molecule has 0 unspecified atom stereocenters. The molecule has 0 aromatic rings. The summed E-state index contributed by atoms with van der Waals surface area (Å²) in [6.45, 7) is 12.7. The highest BCUT2D eigenvalue weighted by Gasteiger charge is 2.59. The van der Waals surface area contributed by atoms with Crippen molar-refractivity contribution < 1.29 is 24.5 Å². The zero-order valence-electron chi connectivity index (χ0n) is 19.8. The summed E-state index contributed by atoms with van der Waals surface area (Å²) in [6, 6.07) is 0. The zero-order chi connectivity index (χ0) is 22.7. The molecule has 0 saturated heterocycles. The summed E-state index contributed by atoms with van der Waals surface area (Å²) in [5, 5.41) is 20.4. The predicted octanol–water partition coefficient (Wildman–Crippen LogP) is 5.36. The lowest BCUT2D eigenvalue weighted by Gasteiger charge is -2.61. The number of hydrogen-bond acceptors (Lipinski definition) is 4. The second-order valence-electron chi connectivity index (χ2n) is 11.1. The van der Waals surface area contributed by atoms with Crippen LogP contribution in [0, 0.1) is 28.6 Å². The molecule has 5 heteroatoms. The molecule has 2 aliphatic rings. The molecule has 0 heterocycles. The number of hydrogen-bond donors (Lipinski definition) is 2. The molecule has 0 bridgehead atoms. The van der Waals surface area contributed by atoms with E-state index in [2.05, 4.69) is 13.8 Å². The molecule has 2 fully saturated rings. The summed E-state index contributed by atoms with van der Waals surface area (Å²) in [5.74, 6) is -0.440. The summed E-state index contributed by atoms with van der Waals surface area (Å²) < 4.78 is 5.68. The Morgan fingerprint density at radius 1 is 1.17 bits per heavy atom. The number of carboxylic acids is 1. The molecule has 2 rings (SSSR count). The molecular weight excluding hydrogens is 380 g/mol. The second kappa shape index (κ2) is 9.42. The summed E-state index contributed by atoms with van der Waals surface area (Å²) in [7, 11) is 0. The first kappa shape index (κ1) is 24.9. The van der Waals surface area contributed by atoms with Gasteiger partial charge in [-0.15, -0.1) is 0 Å². The normalized spacial score (nSPS) is 37.0. The van der Waals surface area contributed by atoms with Crippen LogP contribution in [0.25, 0.3) is 0 Å². The fourth-order valence-electron chi connectivity index (χ4n) is 6.61. The Kier molecular flexibility index (Phi) is 7.82. The van der Waals surface area contributed by atoms with Crippen LogP contribution in [0.2, 0.25) is 0 Å². The van der Waals surface area contributed by atoms with E-state index < -0.39 is 11.6 Å². The number of aliphatic hydroxyl groups is 1. The quantitative estimate of drug-likeness (QED) is 0.406. The van der Waals surface area contributed by atoms with Crippen molar-refractivity contribution in [1.82, 2.24) is 0 Å². The number of carboxylic acid groups (broad SMARTS) is 1. The molecule has 30 heavy (non-hydrogen) atoms. The van der Waals surface area contributed by atoms with Gasteiger partial charge in [0.2, 0.25) is 0 Å². The Balaban J connectivity index is 2.19. The molecule has 2 aliphatic carbocycles. The highest BCUT2D eigenvalue weighted by atomic mass is 16.5. The van der Waals surface area contributed by atoms with Crippen molar-refractivity contribution >= 4 is 11.9 Å². The fraction of sp³-hybridized carbons (Fsp3) is 0.840. The van der Waals surface area contributed by atoms with Crippen molar-refractivity contribution in [1.29, 1.82) is 0 Å². The molecule has 2 saturated carbocycles. The van der Waals surface area contributed by atoms with E-state index in [9.17, 15) is 14.7 Å².